The lowest BCUT2D eigenvalue weighted by Gasteiger charge is -2.62. The molecule has 3 unspecified atom stereocenters. The van der Waals surface area contributed by atoms with Gasteiger partial charge in [0.2, 0.25) is 5.91 Å². The summed E-state index contributed by atoms with van der Waals surface area (Å²) in [4.78, 5) is 14.7. The maximum atomic E-state index is 12.6. The van der Waals surface area contributed by atoms with Gasteiger partial charge in [0.15, 0.2) is 0 Å². The third-order valence-electron chi connectivity index (χ3n) is 9.54. The molecule has 1 aliphatic heterocycles. The predicted molar refractivity (Wildman–Crippen MR) is 115 cm³/mol. The van der Waals surface area contributed by atoms with Crippen molar-refractivity contribution in [2.24, 2.45) is 34.5 Å². The second-order valence-electron chi connectivity index (χ2n) is 10.8. The van der Waals surface area contributed by atoms with Crippen LogP contribution in [0, 0.1) is 34.5 Å². The van der Waals surface area contributed by atoms with Crippen LogP contribution in [0.1, 0.15) is 51.5 Å². The molecule has 29 heavy (non-hydrogen) atoms. The van der Waals surface area contributed by atoms with Gasteiger partial charge in [-0.05, 0) is 79.3 Å². The molecule has 4 aliphatic rings. The number of likely N-dealkylation sites (N-methyl/N-ethyl adjacent to an activating group) is 1. The van der Waals surface area contributed by atoms with E-state index in [4.69, 9.17) is 0 Å². The molecule has 156 valence electrons. The lowest BCUT2D eigenvalue weighted by molar-refractivity contribution is -0.148. The quantitative estimate of drug-likeness (QED) is 0.806. The monoisotopic (exact) mass is 393 g/mol. The Hall–Kier alpha value is -1.61. The number of nitrogens with zero attached hydrogens (tertiary/aromatic N) is 1. The summed E-state index contributed by atoms with van der Waals surface area (Å²) in [5, 5.41) is 10.8. The van der Waals surface area contributed by atoms with Gasteiger partial charge in [0.05, 0.1) is 6.10 Å². The molecule has 1 N–H and O–H groups in total. The van der Waals surface area contributed by atoms with Gasteiger partial charge in [0.1, 0.15) is 0 Å². The number of aliphatic hydroxyl groups excluding tert-OH is 1. The van der Waals surface area contributed by atoms with E-state index < -0.39 is 0 Å². The van der Waals surface area contributed by atoms with Gasteiger partial charge in [-0.25, -0.2) is 0 Å². The first kappa shape index (κ1) is 19.4. The van der Waals surface area contributed by atoms with Crippen molar-refractivity contribution >= 4 is 5.91 Å². The van der Waals surface area contributed by atoms with E-state index in [0.29, 0.717) is 23.7 Å². The third-order valence-corrected chi connectivity index (χ3v) is 9.54. The fraction of sp³-hybridized carbons (Fsp3) is 0.654. The second-order valence-corrected chi connectivity index (χ2v) is 10.8. The molecule has 0 saturated heterocycles. The average Bonchev–Trinajstić information content (AvgIpc) is 3.01. The highest BCUT2D eigenvalue weighted by Gasteiger charge is 2.62. The number of aliphatic hydroxyl groups is 1. The Bertz CT molecular complexity index is 819. The molecular formula is C26H35NO2. The van der Waals surface area contributed by atoms with Crippen molar-refractivity contribution in [2.75, 3.05) is 7.05 Å². The number of benzene rings is 1. The molecule has 1 heterocycles. The van der Waals surface area contributed by atoms with Crippen molar-refractivity contribution in [2.45, 2.75) is 64.5 Å². The molecule has 3 fully saturated rings. The van der Waals surface area contributed by atoms with Crippen molar-refractivity contribution in [1.29, 1.82) is 0 Å². The van der Waals surface area contributed by atoms with Crippen LogP contribution in [0.25, 0.3) is 0 Å². The Morgan fingerprint density at radius 3 is 2.62 bits per heavy atom. The van der Waals surface area contributed by atoms with Gasteiger partial charge in [-0.3, -0.25) is 4.79 Å². The smallest absolute Gasteiger partial charge is 0.246 e. The second kappa shape index (κ2) is 6.70. The lowest BCUT2D eigenvalue weighted by Crippen LogP contribution is -2.63. The summed E-state index contributed by atoms with van der Waals surface area (Å²) in [5.41, 5.74) is 1.49. The Labute approximate surface area is 175 Å². The Morgan fingerprint density at radius 2 is 1.86 bits per heavy atom. The molecule has 3 nitrogen and oxygen atoms in total. The number of carbonyl (C=O) groups excluding carboxylic acids is 1. The van der Waals surface area contributed by atoms with Crippen molar-refractivity contribution in [3.05, 3.63) is 48.0 Å². The molecule has 0 spiro atoms. The van der Waals surface area contributed by atoms with Crippen LogP contribution in [0.2, 0.25) is 0 Å². The zero-order valence-corrected chi connectivity index (χ0v) is 18.1. The highest BCUT2D eigenvalue weighted by Crippen LogP contribution is 2.65. The highest BCUT2D eigenvalue weighted by molar-refractivity contribution is 5.89. The highest BCUT2D eigenvalue weighted by atomic mass is 16.3. The van der Waals surface area contributed by atoms with Crippen LogP contribution in [0.4, 0.5) is 0 Å². The van der Waals surface area contributed by atoms with E-state index >= 15 is 0 Å². The molecule has 1 aromatic carbocycles. The summed E-state index contributed by atoms with van der Waals surface area (Å²) in [7, 11) is 2.01. The maximum Gasteiger partial charge on any atom is 0.246 e. The van der Waals surface area contributed by atoms with Crippen LogP contribution in [-0.4, -0.2) is 35.1 Å². The van der Waals surface area contributed by atoms with Crippen LogP contribution < -0.4 is 0 Å². The number of amides is 1. The van der Waals surface area contributed by atoms with Gasteiger partial charge in [-0.2, -0.15) is 0 Å². The van der Waals surface area contributed by atoms with Crippen molar-refractivity contribution in [1.82, 2.24) is 4.90 Å². The molecule has 0 bridgehead atoms. The maximum absolute atomic E-state index is 12.6. The molecule has 1 amide bonds. The first-order chi connectivity index (χ1) is 13.8. The summed E-state index contributed by atoms with van der Waals surface area (Å²) in [6.45, 7) is 4.76. The fourth-order valence-corrected chi connectivity index (χ4v) is 8.14. The molecule has 8 atom stereocenters. The molecule has 3 aliphatic carbocycles. The van der Waals surface area contributed by atoms with Crippen molar-refractivity contribution in [3.8, 4) is 0 Å². The number of hydrogen-bond acceptors (Lipinski definition) is 2. The summed E-state index contributed by atoms with van der Waals surface area (Å²) in [6, 6.07) is 11.1. The number of fused-ring (bicyclic) bond motifs is 5. The van der Waals surface area contributed by atoms with Gasteiger partial charge in [-0.1, -0.05) is 50.3 Å². The summed E-state index contributed by atoms with van der Waals surface area (Å²) in [6.07, 6.45) is 10.6. The normalized spacial score (nSPS) is 46.2. The third kappa shape index (κ3) is 2.76. The largest absolute Gasteiger partial charge is 0.393 e. The first-order valence-electron chi connectivity index (χ1n) is 11.5. The zero-order chi connectivity index (χ0) is 20.4. The number of hydrogen-bond donors (Lipinski definition) is 1. The molecule has 3 saturated carbocycles. The van der Waals surface area contributed by atoms with E-state index in [0.717, 1.165) is 25.7 Å². The standard InChI is InChI=1S/C26H35NO2/c1-25-13-11-21-19(20(25)9-10-22(25)28)16-18(15-17-7-5-4-6-8-17)24-26(21,2)14-12-23(29)27(24)3/h4-8,12,14,18-22,24,28H,9-11,13,15-16H2,1-3H3/t18?,19-,20-,21+,22?,24?,25-,26+/m0/s1. The molecule has 5 rings (SSSR count). The number of rotatable bonds is 2. The van der Waals surface area contributed by atoms with E-state index in [9.17, 15) is 9.90 Å². The van der Waals surface area contributed by atoms with Gasteiger partial charge in [-0.15, -0.1) is 0 Å². The van der Waals surface area contributed by atoms with E-state index in [1.54, 1.807) is 0 Å². The average molecular weight is 394 g/mol. The van der Waals surface area contributed by atoms with Crippen molar-refractivity contribution < 1.29 is 9.90 Å². The van der Waals surface area contributed by atoms with Crippen molar-refractivity contribution in [3.63, 3.8) is 0 Å². The topological polar surface area (TPSA) is 40.5 Å². The van der Waals surface area contributed by atoms with Crippen LogP contribution in [0.15, 0.2) is 42.5 Å². The molecule has 1 aromatic rings. The van der Waals surface area contributed by atoms with Crippen LogP contribution >= 0.6 is 0 Å². The minimum Gasteiger partial charge on any atom is -0.393 e. The fourth-order valence-electron chi connectivity index (χ4n) is 8.14. The Morgan fingerprint density at radius 1 is 1.10 bits per heavy atom. The first-order valence-corrected chi connectivity index (χ1v) is 11.5. The Kier molecular flexibility index (Phi) is 4.47. The predicted octanol–water partition coefficient (Wildman–Crippen LogP) is 4.46. The molecule has 0 aromatic heterocycles. The zero-order valence-electron chi connectivity index (χ0n) is 18.1. The molecular weight excluding hydrogens is 358 g/mol. The lowest BCUT2D eigenvalue weighted by atomic mass is 9.46. The van der Waals surface area contributed by atoms with Gasteiger partial charge in [0, 0.05) is 18.5 Å². The van der Waals surface area contributed by atoms with E-state index in [-0.39, 0.29) is 28.9 Å². The summed E-state index contributed by atoms with van der Waals surface area (Å²) >= 11 is 0. The SMILES string of the molecule is CN1C(=O)C=C[C@@]2(C)C1C(Cc1ccccc1)C[C@@H]1[C@H]2CC[C@]2(C)C(O)CC[C@@H]12. The minimum absolute atomic E-state index is 0.0277. The van der Waals surface area contributed by atoms with Gasteiger partial charge >= 0.3 is 0 Å². The summed E-state index contributed by atoms with van der Waals surface area (Å²) in [5.74, 6) is 2.48. The van der Waals surface area contributed by atoms with E-state index in [1.165, 1.54) is 18.4 Å². The Balaban J connectivity index is 1.55. The number of carbonyl (C=O) groups is 1. The van der Waals surface area contributed by atoms with E-state index in [1.807, 2.05) is 18.0 Å². The van der Waals surface area contributed by atoms with Gasteiger partial charge < -0.3 is 10.0 Å². The van der Waals surface area contributed by atoms with Crippen LogP contribution in [-0.2, 0) is 11.2 Å². The van der Waals surface area contributed by atoms with Crippen LogP contribution in [0.5, 0.6) is 0 Å². The molecule has 0 radical (unpaired) electrons. The molecule has 3 heteroatoms. The van der Waals surface area contributed by atoms with E-state index in [2.05, 4.69) is 50.3 Å². The van der Waals surface area contributed by atoms with Crippen LogP contribution in [0.3, 0.4) is 0 Å². The minimum atomic E-state index is -0.141. The van der Waals surface area contributed by atoms with Gasteiger partial charge in [0.25, 0.3) is 0 Å². The summed E-state index contributed by atoms with van der Waals surface area (Å²) < 4.78 is 0.